The van der Waals surface area contributed by atoms with Crippen molar-refractivity contribution in [3.63, 3.8) is 0 Å². The summed E-state index contributed by atoms with van der Waals surface area (Å²) in [4.78, 5) is 17.2. The minimum absolute atomic E-state index is 0.0312. The molecular formula is C16H19IN6. The molecule has 1 heterocycles. The van der Waals surface area contributed by atoms with Gasteiger partial charge in [0.15, 0.2) is 0 Å². The molecule has 7 heteroatoms. The van der Waals surface area contributed by atoms with Crippen LogP contribution in [0.3, 0.4) is 0 Å². The summed E-state index contributed by atoms with van der Waals surface area (Å²) in [5, 5.41) is 0. The zero-order valence-electron chi connectivity index (χ0n) is 13.3. The number of rotatable bonds is 3. The minimum atomic E-state index is -0.0312. The Morgan fingerprint density at radius 1 is 1.00 bits per heavy atom. The summed E-state index contributed by atoms with van der Waals surface area (Å²) in [7, 11) is 0. The van der Waals surface area contributed by atoms with E-state index in [0.717, 1.165) is 5.69 Å². The summed E-state index contributed by atoms with van der Waals surface area (Å²) in [6.45, 7) is 6.27. The van der Waals surface area contributed by atoms with Crippen molar-refractivity contribution < 1.29 is 0 Å². The fourth-order valence-electron chi connectivity index (χ4n) is 1.81. The number of nitrogen functional groups attached to an aromatic ring is 2. The zero-order chi connectivity index (χ0) is 17.0. The first-order valence-electron chi connectivity index (χ1n) is 6.99. The van der Waals surface area contributed by atoms with Gasteiger partial charge in [0.05, 0.1) is 50.8 Å². The van der Waals surface area contributed by atoms with Crippen molar-refractivity contribution in [2.75, 3.05) is 11.5 Å². The van der Waals surface area contributed by atoms with Crippen molar-refractivity contribution in [1.82, 2.24) is 9.97 Å². The highest BCUT2D eigenvalue weighted by Crippen LogP contribution is 2.33. The molecule has 0 amide bonds. The first-order chi connectivity index (χ1) is 10.8. The molecule has 0 fully saturated rings. The fraction of sp³-hybridized carbons (Fsp3) is 0.250. The van der Waals surface area contributed by atoms with Crippen LogP contribution in [0.15, 0.2) is 34.5 Å². The number of anilines is 2. The molecule has 1 aromatic carbocycles. The quantitative estimate of drug-likeness (QED) is 0.446. The molecule has 0 bridgehead atoms. The van der Waals surface area contributed by atoms with Crippen molar-refractivity contribution >= 4 is 55.8 Å². The van der Waals surface area contributed by atoms with E-state index in [1.54, 1.807) is 35.0 Å². The Morgan fingerprint density at radius 2 is 1.61 bits per heavy atom. The number of halogens is 1. The highest BCUT2D eigenvalue weighted by Gasteiger charge is 2.15. The van der Waals surface area contributed by atoms with Crippen LogP contribution in [-0.2, 0) is 5.41 Å². The van der Waals surface area contributed by atoms with E-state index in [-0.39, 0.29) is 5.41 Å². The number of aromatic nitrogens is 2. The van der Waals surface area contributed by atoms with Crippen molar-refractivity contribution in [2.45, 2.75) is 26.2 Å². The van der Waals surface area contributed by atoms with Crippen LogP contribution >= 0.6 is 22.6 Å². The number of nitrogens with zero attached hydrogens (tertiary/aromatic N) is 4. The summed E-state index contributed by atoms with van der Waals surface area (Å²) in [6.07, 6.45) is 5.07. The second-order valence-electron chi connectivity index (χ2n) is 6.03. The largest absolute Gasteiger partial charge is 0.397 e. The topological polar surface area (TPSA) is 103 Å². The van der Waals surface area contributed by atoms with Crippen LogP contribution in [-0.4, -0.2) is 20.4 Å². The van der Waals surface area contributed by atoms with Gasteiger partial charge in [-0.15, -0.1) is 0 Å². The van der Waals surface area contributed by atoms with E-state index in [2.05, 4.69) is 40.7 Å². The molecule has 0 saturated heterocycles. The number of hydrogen-bond acceptors (Lipinski definition) is 6. The third-order valence-electron chi connectivity index (χ3n) is 3.14. The van der Waals surface area contributed by atoms with Crippen LogP contribution in [0.25, 0.3) is 0 Å². The molecule has 4 N–H and O–H groups in total. The van der Waals surface area contributed by atoms with Gasteiger partial charge < -0.3 is 11.5 Å². The molecule has 2 aromatic rings. The van der Waals surface area contributed by atoms with Gasteiger partial charge >= 0.3 is 0 Å². The fourth-order valence-corrected chi connectivity index (χ4v) is 2.11. The van der Waals surface area contributed by atoms with E-state index in [0.29, 0.717) is 28.4 Å². The molecule has 0 radical (unpaired) electrons. The lowest BCUT2D eigenvalue weighted by molar-refractivity contribution is 0.565. The zero-order valence-corrected chi connectivity index (χ0v) is 15.4. The van der Waals surface area contributed by atoms with Gasteiger partial charge in [0.1, 0.15) is 0 Å². The number of nitrogens with two attached hydrogens (primary N) is 2. The third kappa shape index (κ3) is 4.47. The van der Waals surface area contributed by atoms with Crippen LogP contribution < -0.4 is 11.5 Å². The van der Waals surface area contributed by atoms with Gasteiger partial charge in [0.25, 0.3) is 0 Å². The first kappa shape index (κ1) is 17.3. The molecule has 0 unspecified atom stereocenters. The molecule has 0 spiro atoms. The molecule has 0 aliphatic carbocycles. The maximum Gasteiger partial charge on any atom is 0.0995 e. The van der Waals surface area contributed by atoms with E-state index in [1.165, 1.54) is 0 Å². The van der Waals surface area contributed by atoms with Gasteiger partial charge in [-0.1, -0.05) is 20.8 Å². The monoisotopic (exact) mass is 422 g/mol. The SMILES string of the molecule is CC(C)(C)c1cnc(C=Nc2cc(N)c(N=CI)cc2N)cn1. The lowest BCUT2D eigenvalue weighted by Gasteiger charge is -2.16. The summed E-state index contributed by atoms with van der Waals surface area (Å²) in [5.41, 5.74) is 15.7. The Hall–Kier alpha value is -2.03. The predicted octanol–water partition coefficient (Wildman–Crippen LogP) is 3.78. The Balaban J connectivity index is 2.25. The number of aliphatic imine (C=N–C) groups is 2. The highest BCUT2D eigenvalue weighted by molar-refractivity contribution is 14.1. The molecule has 6 nitrogen and oxygen atoms in total. The van der Waals surface area contributed by atoms with Crippen molar-refractivity contribution in [1.29, 1.82) is 0 Å². The lowest BCUT2D eigenvalue weighted by Crippen LogP contribution is -2.14. The Bertz CT molecular complexity index is 744. The average molecular weight is 422 g/mol. The molecule has 0 atom stereocenters. The maximum atomic E-state index is 5.98. The van der Waals surface area contributed by atoms with Crippen molar-refractivity contribution in [3.8, 4) is 0 Å². The Morgan fingerprint density at radius 3 is 2.09 bits per heavy atom. The van der Waals surface area contributed by atoms with E-state index in [1.807, 2.05) is 22.6 Å². The smallest absolute Gasteiger partial charge is 0.0995 e. The average Bonchev–Trinajstić information content (AvgIpc) is 2.49. The predicted molar refractivity (Wildman–Crippen MR) is 105 cm³/mol. The van der Waals surface area contributed by atoms with Crippen molar-refractivity contribution in [3.05, 3.63) is 35.9 Å². The van der Waals surface area contributed by atoms with E-state index < -0.39 is 0 Å². The third-order valence-corrected chi connectivity index (χ3v) is 3.42. The van der Waals surface area contributed by atoms with Crippen LogP contribution in [0.4, 0.5) is 22.7 Å². The minimum Gasteiger partial charge on any atom is -0.397 e. The second-order valence-corrected chi connectivity index (χ2v) is 6.59. The lowest BCUT2D eigenvalue weighted by atomic mass is 9.93. The summed E-state index contributed by atoms with van der Waals surface area (Å²) < 4.78 is 1.64. The number of hydrogen-bond donors (Lipinski definition) is 2. The van der Waals surface area contributed by atoms with Gasteiger partial charge in [0.2, 0.25) is 0 Å². The van der Waals surface area contributed by atoms with Gasteiger partial charge in [-0.25, -0.2) is 4.99 Å². The molecule has 0 aliphatic heterocycles. The molecule has 0 aliphatic rings. The first-order valence-corrected chi connectivity index (χ1v) is 8.24. The van der Waals surface area contributed by atoms with Gasteiger partial charge in [0, 0.05) is 11.6 Å². The van der Waals surface area contributed by atoms with Crippen LogP contribution in [0.1, 0.15) is 32.2 Å². The Labute approximate surface area is 149 Å². The standard InChI is InChI=1S/C16H19IN6/c1-16(2,3)15-8-20-10(7-22-15)6-21-13-4-12(19)14(23-9-17)5-11(13)18/h4-9H,18-19H2,1-3H3. The Kier molecular flexibility index (Phi) is 5.30. The van der Waals surface area contributed by atoms with Crippen LogP contribution in [0, 0.1) is 0 Å². The summed E-state index contributed by atoms with van der Waals surface area (Å²) in [5.74, 6) is 0. The highest BCUT2D eigenvalue weighted by atomic mass is 127. The van der Waals surface area contributed by atoms with E-state index >= 15 is 0 Å². The summed E-state index contributed by atoms with van der Waals surface area (Å²) in [6, 6.07) is 3.40. The van der Waals surface area contributed by atoms with Gasteiger partial charge in [-0.3, -0.25) is 15.0 Å². The molecule has 2 rings (SSSR count). The van der Waals surface area contributed by atoms with Crippen LogP contribution in [0.5, 0.6) is 0 Å². The van der Waals surface area contributed by atoms with Crippen LogP contribution in [0.2, 0.25) is 0 Å². The molecular weight excluding hydrogens is 403 g/mol. The van der Waals surface area contributed by atoms with Gasteiger partial charge in [-0.2, -0.15) is 0 Å². The molecule has 0 saturated carbocycles. The molecule has 120 valence electrons. The van der Waals surface area contributed by atoms with E-state index in [9.17, 15) is 0 Å². The summed E-state index contributed by atoms with van der Waals surface area (Å²) >= 11 is 2.03. The molecule has 23 heavy (non-hydrogen) atoms. The normalized spacial score (nSPS) is 12.3. The van der Waals surface area contributed by atoms with Crippen molar-refractivity contribution in [2.24, 2.45) is 9.98 Å². The number of benzene rings is 1. The maximum absolute atomic E-state index is 5.98. The van der Waals surface area contributed by atoms with Gasteiger partial charge in [-0.05, 0) is 34.7 Å². The molecule has 1 aromatic heterocycles. The second kappa shape index (κ2) is 7.03. The van der Waals surface area contributed by atoms with E-state index in [4.69, 9.17) is 11.5 Å².